The van der Waals surface area contributed by atoms with Gasteiger partial charge in [-0.3, -0.25) is 13.9 Å². The Morgan fingerprint density at radius 3 is 2.57 bits per heavy atom. The van der Waals surface area contributed by atoms with Gasteiger partial charge in [-0.25, -0.2) is 14.8 Å². The maximum Gasteiger partial charge on any atom is 0.333 e. The van der Waals surface area contributed by atoms with Gasteiger partial charge in [0.15, 0.2) is 5.82 Å². The molecule has 0 fully saturated rings. The van der Waals surface area contributed by atoms with Crippen molar-refractivity contribution in [1.29, 1.82) is 0 Å². The van der Waals surface area contributed by atoms with E-state index in [9.17, 15) is 14.7 Å². The first-order chi connectivity index (χ1) is 9.82. The number of hydrogen-bond donors (Lipinski definition) is 1. The highest BCUT2D eigenvalue weighted by Crippen LogP contribution is 2.25. The van der Waals surface area contributed by atoms with E-state index in [0.717, 1.165) is 13.6 Å². The number of hydrogen-bond acceptors (Lipinski definition) is 5. The van der Waals surface area contributed by atoms with Crippen LogP contribution in [0, 0.1) is 0 Å². The molecule has 7 nitrogen and oxygen atoms in total. The maximum absolute atomic E-state index is 12.0. The van der Waals surface area contributed by atoms with E-state index in [1.807, 2.05) is 0 Å². The van der Waals surface area contributed by atoms with Gasteiger partial charge in [-0.05, 0) is 37.9 Å². The second-order valence-corrected chi connectivity index (χ2v) is 5.93. The van der Waals surface area contributed by atoms with E-state index in [1.165, 1.54) is 20.3 Å². The summed E-state index contributed by atoms with van der Waals surface area (Å²) in [5.41, 5.74) is -1.33. The van der Waals surface area contributed by atoms with Crippen LogP contribution in [0.5, 0.6) is 5.88 Å². The third kappa shape index (κ3) is 2.98. The quantitative estimate of drug-likeness (QED) is 0.749. The Bertz CT molecular complexity index is 855. The van der Waals surface area contributed by atoms with Crippen molar-refractivity contribution >= 4 is 43.9 Å². The molecule has 0 radical (unpaired) electrons. The Morgan fingerprint density at radius 2 is 1.95 bits per heavy atom. The van der Waals surface area contributed by atoms with Gasteiger partial charge in [0.1, 0.15) is 5.56 Å². The lowest BCUT2D eigenvalue weighted by Crippen LogP contribution is -2.38. The van der Waals surface area contributed by atoms with E-state index in [0.29, 0.717) is 10.3 Å². The fourth-order valence-electron chi connectivity index (χ4n) is 1.60. The summed E-state index contributed by atoms with van der Waals surface area (Å²) in [7, 11) is 2.69. The van der Waals surface area contributed by atoms with Crippen LogP contribution >= 0.6 is 31.9 Å². The van der Waals surface area contributed by atoms with Gasteiger partial charge in [0.05, 0.1) is 4.47 Å². The molecule has 0 aliphatic carbocycles. The molecule has 0 atom stereocenters. The summed E-state index contributed by atoms with van der Waals surface area (Å²) in [4.78, 5) is 31.7. The van der Waals surface area contributed by atoms with Gasteiger partial charge in [-0.2, -0.15) is 0 Å². The van der Waals surface area contributed by atoms with Gasteiger partial charge in [-0.15, -0.1) is 0 Å². The molecule has 2 aromatic heterocycles. The zero-order valence-corrected chi connectivity index (χ0v) is 14.2. The van der Waals surface area contributed by atoms with Crippen molar-refractivity contribution in [2.75, 3.05) is 0 Å². The molecule has 0 amide bonds. The van der Waals surface area contributed by atoms with Gasteiger partial charge in [0, 0.05) is 31.0 Å². The lowest BCUT2D eigenvalue weighted by atomic mass is 10.3. The summed E-state index contributed by atoms with van der Waals surface area (Å²) in [6, 6.07) is 1.75. The van der Waals surface area contributed by atoms with Crippen molar-refractivity contribution in [2.45, 2.75) is 0 Å². The zero-order chi connectivity index (χ0) is 15.7. The molecular weight excluding hydrogens is 408 g/mol. The van der Waals surface area contributed by atoms with Gasteiger partial charge >= 0.3 is 5.69 Å². The average molecular weight is 418 g/mol. The van der Waals surface area contributed by atoms with Gasteiger partial charge < -0.3 is 5.11 Å². The predicted molar refractivity (Wildman–Crippen MR) is 85.5 cm³/mol. The number of aromatic hydroxyl groups is 1. The van der Waals surface area contributed by atoms with E-state index in [1.54, 1.807) is 12.3 Å². The second-order valence-electron chi connectivity index (χ2n) is 4.16. The Morgan fingerprint density at radius 1 is 1.29 bits per heavy atom. The van der Waals surface area contributed by atoms with E-state index >= 15 is 0 Å². The van der Waals surface area contributed by atoms with Gasteiger partial charge in [0.25, 0.3) is 5.56 Å². The van der Waals surface area contributed by atoms with Crippen molar-refractivity contribution in [2.24, 2.45) is 19.1 Å². The van der Waals surface area contributed by atoms with Crippen LogP contribution in [0.4, 0.5) is 5.82 Å². The zero-order valence-electron chi connectivity index (χ0n) is 11.0. The smallest absolute Gasteiger partial charge is 0.333 e. The molecule has 0 bridgehead atoms. The third-order valence-electron chi connectivity index (χ3n) is 2.77. The first-order valence-electron chi connectivity index (χ1n) is 5.67. The number of nitrogens with zero attached hydrogens (tertiary/aromatic N) is 4. The summed E-state index contributed by atoms with van der Waals surface area (Å²) in [5, 5.41) is 9.89. The molecule has 1 N–H and O–H groups in total. The second kappa shape index (κ2) is 5.94. The number of aliphatic imine (C=N–C) groups is 1. The average Bonchev–Trinajstić information content (AvgIpc) is 2.45. The van der Waals surface area contributed by atoms with Crippen molar-refractivity contribution in [3.63, 3.8) is 0 Å². The van der Waals surface area contributed by atoms with Crippen LogP contribution < -0.4 is 11.2 Å². The Labute approximate surface area is 135 Å². The molecule has 9 heteroatoms. The molecule has 0 spiro atoms. The topological polar surface area (TPSA) is 89.5 Å². The number of rotatable bonds is 2. The molecule has 2 heterocycles. The van der Waals surface area contributed by atoms with Crippen LogP contribution in [0.3, 0.4) is 0 Å². The Kier molecular flexibility index (Phi) is 4.43. The van der Waals surface area contributed by atoms with Crippen LogP contribution in [0.15, 0.2) is 35.8 Å². The summed E-state index contributed by atoms with van der Waals surface area (Å²) in [6.45, 7) is 0. The molecule has 0 aliphatic rings. The largest absolute Gasteiger partial charge is 0.494 e. The monoisotopic (exact) mass is 416 g/mol. The van der Waals surface area contributed by atoms with Crippen LogP contribution in [0.25, 0.3) is 0 Å². The first-order valence-corrected chi connectivity index (χ1v) is 7.25. The molecule has 0 saturated carbocycles. The highest BCUT2D eigenvalue weighted by atomic mass is 79.9. The molecule has 2 aromatic rings. The molecule has 0 aromatic carbocycles. The van der Waals surface area contributed by atoms with Crippen LogP contribution in [-0.4, -0.2) is 25.4 Å². The summed E-state index contributed by atoms with van der Waals surface area (Å²) < 4.78 is 3.25. The van der Waals surface area contributed by atoms with Crippen molar-refractivity contribution in [3.8, 4) is 5.88 Å². The summed E-state index contributed by atoms with van der Waals surface area (Å²) in [6.07, 6.45) is 2.73. The van der Waals surface area contributed by atoms with Crippen LogP contribution in [0.2, 0.25) is 0 Å². The molecule has 0 aliphatic heterocycles. The van der Waals surface area contributed by atoms with Gasteiger partial charge in [0.2, 0.25) is 5.88 Å². The van der Waals surface area contributed by atoms with E-state index in [-0.39, 0.29) is 5.56 Å². The van der Waals surface area contributed by atoms with E-state index in [4.69, 9.17) is 0 Å². The lowest BCUT2D eigenvalue weighted by molar-refractivity contribution is 0.410. The number of halogens is 2. The van der Waals surface area contributed by atoms with E-state index < -0.39 is 17.1 Å². The minimum atomic E-state index is -0.632. The van der Waals surface area contributed by atoms with E-state index in [2.05, 4.69) is 41.8 Å². The maximum atomic E-state index is 12.0. The fourth-order valence-corrected chi connectivity index (χ4v) is 2.69. The standard InChI is InChI=1S/C12H10Br2N4O3/c1-17-10(19)7(11(20)18(2)12(17)21)5-16-9-8(14)3-6(13)4-15-9/h3-5,19H,1-2H3/b16-5+. The van der Waals surface area contributed by atoms with Gasteiger partial charge in [-0.1, -0.05) is 0 Å². The molecule has 21 heavy (non-hydrogen) atoms. The first kappa shape index (κ1) is 15.6. The van der Waals surface area contributed by atoms with Crippen molar-refractivity contribution < 1.29 is 5.11 Å². The molecule has 0 saturated heterocycles. The molecule has 2 rings (SSSR count). The number of pyridine rings is 1. The highest BCUT2D eigenvalue weighted by molar-refractivity contribution is 9.11. The number of aromatic nitrogens is 3. The normalized spacial score (nSPS) is 11.2. The lowest BCUT2D eigenvalue weighted by Gasteiger charge is -2.07. The fraction of sp³-hybridized carbons (Fsp3) is 0.167. The van der Waals surface area contributed by atoms with Crippen LogP contribution in [0.1, 0.15) is 5.56 Å². The molecule has 0 unspecified atom stereocenters. The minimum absolute atomic E-state index is 0.0868. The predicted octanol–water partition coefficient (Wildman–Crippen LogP) is 1.46. The van der Waals surface area contributed by atoms with Crippen LogP contribution in [-0.2, 0) is 14.1 Å². The Balaban J connectivity index is 2.57. The molecular formula is C12H10Br2N4O3. The SMILES string of the molecule is Cn1c(O)c(/C=N/c2ncc(Br)cc2Br)c(=O)n(C)c1=O. The summed E-state index contributed by atoms with van der Waals surface area (Å²) >= 11 is 6.56. The van der Waals surface area contributed by atoms with Crippen molar-refractivity contribution in [1.82, 2.24) is 14.1 Å². The minimum Gasteiger partial charge on any atom is -0.494 e. The summed E-state index contributed by atoms with van der Waals surface area (Å²) in [5.74, 6) is -0.103. The Hall–Kier alpha value is -1.74. The van der Waals surface area contributed by atoms with Crippen molar-refractivity contribution in [3.05, 3.63) is 47.6 Å². The molecule has 110 valence electrons. The third-order valence-corrected chi connectivity index (χ3v) is 3.79. The highest BCUT2D eigenvalue weighted by Gasteiger charge is 2.13.